The molecule has 1 heterocycles. The Morgan fingerprint density at radius 3 is 2.83 bits per heavy atom. The van der Waals surface area contributed by atoms with Crippen LogP contribution in [0, 0.1) is 0 Å². The number of nitrogens with two attached hydrogens (primary N) is 1. The zero-order valence-corrected chi connectivity index (χ0v) is 13.0. The summed E-state index contributed by atoms with van der Waals surface area (Å²) < 4.78 is 28.4. The third kappa shape index (κ3) is 4.18. The standard InChI is InChI=1S/C17H18F2N4O/c18-16(19)24-15-7-6-14(21-10-15)9-22-17(20)23-13-5-4-11-2-1-3-12(11)8-13/h4-8,10,16H,1-3,9H2,(H3,20,22,23). The van der Waals surface area contributed by atoms with Crippen molar-refractivity contribution >= 4 is 11.6 Å². The number of pyridine rings is 1. The Labute approximate surface area is 138 Å². The third-order valence-corrected chi connectivity index (χ3v) is 3.81. The summed E-state index contributed by atoms with van der Waals surface area (Å²) in [5, 5.41) is 3.06. The fourth-order valence-electron chi connectivity index (χ4n) is 2.68. The number of aryl methyl sites for hydroxylation is 2. The first-order valence-electron chi connectivity index (χ1n) is 7.68. The van der Waals surface area contributed by atoms with E-state index >= 15 is 0 Å². The van der Waals surface area contributed by atoms with Crippen molar-refractivity contribution in [1.82, 2.24) is 4.98 Å². The number of guanidine groups is 1. The molecule has 5 nitrogen and oxygen atoms in total. The van der Waals surface area contributed by atoms with Crippen molar-refractivity contribution in [2.75, 3.05) is 5.32 Å². The lowest BCUT2D eigenvalue weighted by Crippen LogP contribution is -2.22. The first-order valence-corrected chi connectivity index (χ1v) is 7.68. The van der Waals surface area contributed by atoms with Crippen LogP contribution < -0.4 is 15.8 Å². The molecule has 0 amide bonds. The van der Waals surface area contributed by atoms with Gasteiger partial charge in [-0.2, -0.15) is 8.78 Å². The number of fused-ring (bicyclic) bond motifs is 1. The number of halogens is 2. The van der Waals surface area contributed by atoms with Crippen molar-refractivity contribution in [3.05, 3.63) is 53.3 Å². The van der Waals surface area contributed by atoms with Gasteiger partial charge >= 0.3 is 6.61 Å². The number of ether oxygens (including phenoxy) is 1. The number of nitrogens with one attached hydrogen (secondary N) is 1. The first-order chi connectivity index (χ1) is 11.6. The molecule has 0 atom stereocenters. The van der Waals surface area contributed by atoms with Crippen LogP contribution in [0.1, 0.15) is 23.2 Å². The van der Waals surface area contributed by atoms with Gasteiger partial charge in [-0.25, -0.2) is 4.99 Å². The van der Waals surface area contributed by atoms with Crippen LogP contribution in [-0.2, 0) is 19.4 Å². The highest BCUT2D eigenvalue weighted by Crippen LogP contribution is 2.24. The fraction of sp³-hybridized carbons (Fsp3) is 0.294. The van der Waals surface area contributed by atoms with E-state index in [0.717, 1.165) is 18.5 Å². The molecule has 0 aliphatic heterocycles. The molecule has 1 aliphatic rings. The van der Waals surface area contributed by atoms with Crippen LogP contribution in [0.4, 0.5) is 14.5 Å². The maximum Gasteiger partial charge on any atom is 0.387 e. The molecule has 0 bridgehead atoms. The maximum absolute atomic E-state index is 12.1. The molecule has 24 heavy (non-hydrogen) atoms. The summed E-state index contributed by atoms with van der Waals surface area (Å²) in [4.78, 5) is 8.21. The van der Waals surface area contributed by atoms with Gasteiger partial charge in [-0.1, -0.05) is 6.07 Å². The average Bonchev–Trinajstić information content (AvgIpc) is 3.01. The largest absolute Gasteiger partial charge is 0.433 e. The number of hydrogen-bond acceptors (Lipinski definition) is 3. The number of aromatic nitrogens is 1. The summed E-state index contributed by atoms with van der Waals surface area (Å²) in [7, 11) is 0. The van der Waals surface area contributed by atoms with Crippen molar-refractivity contribution in [2.45, 2.75) is 32.4 Å². The Kier molecular flexibility index (Phi) is 4.88. The van der Waals surface area contributed by atoms with E-state index < -0.39 is 6.61 Å². The molecule has 0 saturated carbocycles. The van der Waals surface area contributed by atoms with Crippen LogP contribution in [0.15, 0.2) is 41.5 Å². The predicted molar refractivity (Wildman–Crippen MR) is 88.3 cm³/mol. The van der Waals surface area contributed by atoms with Crippen LogP contribution in [0.5, 0.6) is 5.75 Å². The molecule has 3 rings (SSSR count). The summed E-state index contributed by atoms with van der Waals surface area (Å²) in [5.41, 5.74) is 10.1. The average molecular weight is 332 g/mol. The number of alkyl halides is 2. The summed E-state index contributed by atoms with van der Waals surface area (Å²) in [6.45, 7) is -2.61. The number of anilines is 1. The lowest BCUT2D eigenvalue weighted by atomic mass is 10.1. The van der Waals surface area contributed by atoms with Gasteiger partial charge < -0.3 is 15.8 Å². The van der Waals surface area contributed by atoms with E-state index in [4.69, 9.17) is 5.73 Å². The van der Waals surface area contributed by atoms with Gasteiger partial charge in [-0.15, -0.1) is 0 Å². The minimum atomic E-state index is -2.86. The molecule has 0 spiro atoms. The van der Waals surface area contributed by atoms with Crippen LogP contribution in [-0.4, -0.2) is 17.6 Å². The fourth-order valence-corrected chi connectivity index (χ4v) is 2.68. The first kappa shape index (κ1) is 16.2. The number of nitrogens with zero attached hydrogens (tertiary/aromatic N) is 2. The molecule has 1 aromatic heterocycles. The molecule has 7 heteroatoms. The SMILES string of the molecule is NC(=NCc1ccc(OC(F)F)cn1)Nc1ccc2c(c1)CCC2. The third-order valence-electron chi connectivity index (χ3n) is 3.81. The second-order valence-corrected chi connectivity index (χ2v) is 5.53. The van der Waals surface area contributed by atoms with Gasteiger partial charge in [0, 0.05) is 5.69 Å². The second-order valence-electron chi connectivity index (χ2n) is 5.53. The summed E-state index contributed by atoms with van der Waals surface area (Å²) in [6, 6.07) is 9.19. The Morgan fingerprint density at radius 2 is 2.08 bits per heavy atom. The Hall–Kier alpha value is -2.70. The van der Waals surface area contributed by atoms with Crippen molar-refractivity contribution < 1.29 is 13.5 Å². The van der Waals surface area contributed by atoms with Gasteiger partial charge in [-0.3, -0.25) is 4.98 Å². The van der Waals surface area contributed by atoms with E-state index in [9.17, 15) is 8.78 Å². The molecule has 1 aliphatic carbocycles. The molecule has 0 radical (unpaired) electrons. The van der Waals surface area contributed by atoms with E-state index in [-0.39, 0.29) is 18.3 Å². The topological polar surface area (TPSA) is 72.5 Å². The molecule has 126 valence electrons. The minimum Gasteiger partial charge on any atom is -0.433 e. The van der Waals surface area contributed by atoms with Gasteiger partial charge in [0.1, 0.15) is 5.75 Å². The van der Waals surface area contributed by atoms with Gasteiger partial charge in [-0.05, 0) is 54.7 Å². The minimum absolute atomic E-state index is 0.0157. The molecule has 0 fully saturated rings. The van der Waals surface area contributed by atoms with Crippen molar-refractivity contribution in [3.8, 4) is 5.75 Å². The smallest absolute Gasteiger partial charge is 0.387 e. The van der Waals surface area contributed by atoms with Crippen molar-refractivity contribution in [3.63, 3.8) is 0 Å². The second kappa shape index (κ2) is 7.25. The highest BCUT2D eigenvalue weighted by atomic mass is 19.3. The predicted octanol–water partition coefficient (Wildman–Crippen LogP) is 3.10. The lowest BCUT2D eigenvalue weighted by Gasteiger charge is -2.08. The molecular weight excluding hydrogens is 314 g/mol. The lowest BCUT2D eigenvalue weighted by molar-refractivity contribution is -0.0500. The number of rotatable bonds is 5. The van der Waals surface area contributed by atoms with Gasteiger partial charge in [0.05, 0.1) is 18.4 Å². The summed E-state index contributed by atoms with van der Waals surface area (Å²) in [6.07, 6.45) is 4.66. The molecule has 1 aromatic carbocycles. The zero-order chi connectivity index (χ0) is 16.9. The zero-order valence-electron chi connectivity index (χ0n) is 13.0. The Bertz CT molecular complexity index is 732. The van der Waals surface area contributed by atoms with E-state index in [2.05, 4.69) is 32.2 Å². The number of hydrogen-bond donors (Lipinski definition) is 2. The Balaban J connectivity index is 1.58. The number of aliphatic imine (C=N–C) groups is 1. The highest BCUT2D eigenvalue weighted by Gasteiger charge is 2.11. The summed E-state index contributed by atoms with van der Waals surface area (Å²) in [5.74, 6) is 0.296. The Morgan fingerprint density at radius 1 is 1.25 bits per heavy atom. The van der Waals surface area contributed by atoms with E-state index in [1.54, 1.807) is 6.07 Å². The van der Waals surface area contributed by atoms with Crippen LogP contribution in [0.2, 0.25) is 0 Å². The van der Waals surface area contributed by atoms with E-state index in [1.807, 2.05) is 6.07 Å². The van der Waals surface area contributed by atoms with Crippen LogP contribution in [0.3, 0.4) is 0 Å². The molecule has 0 saturated heterocycles. The monoisotopic (exact) mass is 332 g/mol. The van der Waals surface area contributed by atoms with Crippen LogP contribution >= 0.6 is 0 Å². The normalized spacial score (nSPS) is 13.9. The number of benzene rings is 1. The van der Waals surface area contributed by atoms with Gasteiger partial charge in [0.15, 0.2) is 5.96 Å². The van der Waals surface area contributed by atoms with Crippen LogP contribution in [0.25, 0.3) is 0 Å². The van der Waals surface area contributed by atoms with Gasteiger partial charge in [0.25, 0.3) is 0 Å². The molecule has 3 N–H and O–H groups in total. The van der Waals surface area contributed by atoms with E-state index in [0.29, 0.717) is 5.69 Å². The molecule has 2 aromatic rings. The molecule has 0 unspecified atom stereocenters. The molecular formula is C17H18F2N4O. The quantitative estimate of drug-likeness (QED) is 0.652. The van der Waals surface area contributed by atoms with Gasteiger partial charge in [0.2, 0.25) is 0 Å². The highest BCUT2D eigenvalue weighted by molar-refractivity contribution is 5.92. The van der Waals surface area contributed by atoms with Crippen molar-refractivity contribution in [1.29, 1.82) is 0 Å². The van der Waals surface area contributed by atoms with Crippen molar-refractivity contribution in [2.24, 2.45) is 10.7 Å². The summed E-state index contributed by atoms with van der Waals surface area (Å²) >= 11 is 0. The maximum atomic E-state index is 12.1. The van der Waals surface area contributed by atoms with E-state index in [1.165, 1.54) is 29.8 Å².